The lowest BCUT2D eigenvalue weighted by atomic mass is 10.0. The molecule has 0 aliphatic carbocycles. The number of nitrogens with zero attached hydrogens (tertiary/aromatic N) is 2. The first-order valence-corrected chi connectivity index (χ1v) is 8.94. The highest BCUT2D eigenvalue weighted by Gasteiger charge is 2.23. The molecule has 1 saturated heterocycles. The third-order valence-corrected chi connectivity index (χ3v) is 4.86. The molecule has 138 valence electrons. The lowest BCUT2D eigenvalue weighted by Gasteiger charge is -2.35. The number of carbonyl (C=O) groups excluding carboxylic acids is 1. The van der Waals surface area contributed by atoms with Gasteiger partial charge in [0.2, 0.25) is 0 Å². The fourth-order valence-electron chi connectivity index (χ4n) is 3.33. The van der Waals surface area contributed by atoms with Crippen molar-refractivity contribution in [1.82, 2.24) is 19.8 Å². The minimum absolute atomic E-state index is 0.0106. The number of aromatic amines is 1. The topological polar surface area (TPSA) is 87.2 Å². The van der Waals surface area contributed by atoms with Gasteiger partial charge in [0.15, 0.2) is 0 Å². The van der Waals surface area contributed by atoms with Crippen molar-refractivity contribution in [1.29, 1.82) is 0 Å². The summed E-state index contributed by atoms with van der Waals surface area (Å²) >= 11 is 0. The zero-order chi connectivity index (χ0) is 18.5. The summed E-state index contributed by atoms with van der Waals surface area (Å²) < 4.78 is 0.928. The van der Waals surface area contributed by atoms with Crippen LogP contribution in [0.4, 0.5) is 0 Å². The molecule has 7 nitrogen and oxygen atoms in total. The Morgan fingerprint density at radius 1 is 1.15 bits per heavy atom. The Bertz CT molecular complexity index is 835. The number of H-pyrrole nitrogens is 1. The second-order valence-electron chi connectivity index (χ2n) is 6.62. The molecule has 1 aliphatic heterocycles. The van der Waals surface area contributed by atoms with Gasteiger partial charge in [0.05, 0.1) is 6.04 Å². The average molecular weight is 356 g/mol. The fraction of sp³-hybridized carbons (Fsp3) is 0.421. The molecule has 0 spiro atoms. The van der Waals surface area contributed by atoms with Gasteiger partial charge in [-0.2, -0.15) is 0 Å². The van der Waals surface area contributed by atoms with E-state index >= 15 is 0 Å². The molecule has 2 aromatic rings. The van der Waals surface area contributed by atoms with Crippen molar-refractivity contribution in [3.8, 4) is 0 Å². The highest BCUT2D eigenvalue weighted by molar-refractivity contribution is 5.92. The maximum Gasteiger partial charge on any atom is 0.328 e. The number of rotatable bonds is 5. The van der Waals surface area contributed by atoms with Gasteiger partial charge in [0.25, 0.3) is 11.5 Å². The van der Waals surface area contributed by atoms with E-state index in [1.165, 1.54) is 13.5 Å². The van der Waals surface area contributed by atoms with Crippen LogP contribution in [-0.4, -0.2) is 40.0 Å². The molecule has 2 N–H and O–H groups in total. The van der Waals surface area contributed by atoms with Crippen molar-refractivity contribution in [2.75, 3.05) is 19.6 Å². The predicted octanol–water partition coefficient (Wildman–Crippen LogP) is 1.03. The standard InChI is InChI=1S/C19H24N4O3/c1-22-17(24)12-15(21-19(22)26)18(25)20-13-16(14-8-4-2-5-9-14)23-10-6-3-7-11-23/h2,4-5,8-9,12,16H,3,6-7,10-11,13H2,1H3,(H,20,25)(H,21,26). The summed E-state index contributed by atoms with van der Waals surface area (Å²) in [6.07, 6.45) is 3.54. The van der Waals surface area contributed by atoms with Crippen LogP contribution in [0.1, 0.15) is 41.4 Å². The van der Waals surface area contributed by atoms with E-state index in [2.05, 4.69) is 27.3 Å². The molecule has 1 amide bonds. The van der Waals surface area contributed by atoms with Crippen molar-refractivity contribution in [2.24, 2.45) is 7.05 Å². The van der Waals surface area contributed by atoms with Gasteiger partial charge < -0.3 is 10.3 Å². The summed E-state index contributed by atoms with van der Waals surface area (Å²) in [5, 5.41) is 2.87. The van der Waals surface area contributed by atoms with E-state index in [4.69, 9.17) is 0 Å². The summed E-state index contributed by atoms with van der Waals surface area (Å²) in [6, 6.07) is 11.3. The second-order valence-corrected chi connectivity index (χ2v) is 6.62. The maximum atomic E-state index is 12.4. The molecule has 2 heterocycles. The minimum atomic E-state index is -0.599. The molecule has 0 saturated carbocycles. The maximum absolute atomic E-state index is 12.4. The van der Waals surface area contributed by atoms with Gasteiger partial charge in [0, 0.05) is 19.7 Å². The van der Waals surface area contributed by atoms with Crippen molar-refractivity contribution < 1.29 is 4.79 Å². The third kappa shape index (κ3) is 4.11. The van der Waals surface area contributed by atoms with E-state index in [-0.39, 0.29) is 11.7 Å². The van der Waals surface area contributed by atoms with E-state index in [1.54, 1.807) is 0 Å². The number of amides is 1. The number of likely N-dealkylation sites (tertiary alicyclic amines) is 1. The van der Waals surface area contributed by atoms with Gasteiger partial charge in [-0.05, 0) is 31.5 Å². The van der Waals surface area contributed by atoms with Gasteiger partial charge in [-0.3, -0.25) is 19.1 Å². The van der Waals surface area contributed by atoms with E-state index < -0.39 is 17.2 Å². The Kier molecular flexibility index (Phi) is 5.68. The van der Waals surface area contributed by atoms with Gasteiger partial charge in [-0.25, -0.2) is 4.79 Å². The lowest BCUT2D eigenvalue weighted by molar-refractivity contribution is 0.0918. The molecule has 7 heteroatoms. The fourth-order valence-corrected chi connectivity index (χ4v) is 3.33. The first-order chi connectivity index (χ1) is 12.6. The van der Waals surface area contributed by atoms with Crippen molar-refractivity contribution in [3.05, 3.63) is 68.5 Å². The van der Waals surface area contributed by atoms with Crippen LogP contribution in [0.3, 0.4) is 0 Å². The number of aromatic nitrogens is 2. The van der Waals surface area contributed by atoms with Crippen LogP contribution < -0.4 is 16.6 Å². The zero-order valence-corrected chi connectivity index (χ0v) is 14.9. The molecule has 0 radical (unpaired) electrons. The highest BCUT2D eigenvalue weighted by atomic mass is 16.2. The summed E-state index contributed by atoms with van der Waals surface area (Å²) in [5.74, 6) is -0.447. The summed E-state index contributed by atoms with van der Waals surface area (Å²) in [5.41, 5.74) is 0.0311. The molecule has 1 unspecified atom stereocenters. The Hall–Kier alpha value is -2.67. The number of piperidine rings is 1. The normalized spacial score (nSPS) is 16.2. The third-order valence-electron chi connectivity index (χ3n) is 4.86. The van der Waals surface area contributed by atoms with Crippen LogP contribution in [-0.2, 0) is 7.05 Å². The van der Waals surface area contributed by atoms with E-state index in [1.807, 2.05) is 18.2 Å². The van der Waals surface area contributed by atoms with E-state index in [9.17, 15) is 14.4 Å². The molecule has 0 bridgehead atoms. The van der Waals surface area contributed by atoms with Crippen LogP contribution >= 0.6 is 0 Å². The number of hydrogen-bond donors (Lipinski definition) is 2. The van der Waals surface area contributed by atoms with Crippen molar-refractivity contribution >= 4 is 5.91 Å². The molecule has 1 atom stereocenters. The molecule has 26 heavy (non-hydrogen) atoms. The summed E-state index contributed by atoms with van der Waals surface area (Å²) in [7, 11) is 1.37. The molecule has 3 rings (SSSR count). The number of benzene rings is 1. The van der Waals surface area contributed by atoms with Crippen LogP contribution in [0.5, 0.6) is 0 Å². The molecule has 1 aliphatic rings. The van der Waals surface area contributed by atoms with Crippen LogP contribution in [0.25, 0.3) is 0 Å². The average Bonchev–Trinajstić information content (AvgIpc) is 2.67. The van der Waals surface area contributed by atoms with E-state index in [0.29, 0.717) is 6.54 Å². The molecule has 1 fully saturated rings. The molecule has 1 aromatic heterocycles. The SMILES string of the molecule is Cn1c(=O)cc(C(=O)NCC(c2ccccc2)N2CCCCC2)[nH]c1=O. The van der Waals surface area contributed by atoms with Gasteiger partial charge in [0.1, 0.15) is 5.69 Å². The Morgan fingerprint density at radius 2 is 1.85 bits per heavy atom. The molecular formula is C19H24N4O3. The Morgan fingerprint density at radius 3 is 2.50 bits per heavy atom. The second kappa shape index (κ2) is 8.14. The first-order valence-electron chi connectivity index (χ1n) is 8.94. The Labute approximate surface area is 151 Å². The number of carbonyl (C=O) groups is 1. The largest absolute Gasteiger partial charge is 0.349 e. The molecular weight excluding hydrogens is 332 g/mol. The van der Waals surface area contributed by atoms with E-state index in [0.717, 1.165) is 42.1 Å². The first kappa shape index (κ1) is 18.1. The Balaban J connectivity index is 1.76. The number of hydrogen-bond acceptors (Lipinski definition) is 4. The molecule has 1 aromatic carbocycles. The predicted molar refractivity (Wildman–Crippen MR) is 99.2 cm³/mol. The van der Waals surface area contributed by atoms with Crippen LogP contribution in [0, 0.1) is 0 Å². The van der Waals surface area contributed by atoms with Crippen molar-refractivity contribution in [2.45, 2.75) is 25.3 Å². The van der Waals surface area contributed by atoms with Crippen molar-refractivity contribution in [3.63, 3.8) is 0 Å². The van der Waals surface area contributed by atoms with Gasteiger partial charge in [-0.1, -0.05) is 36.8 Å². The monoisotopic (exact) mass is 356 g/mol. The zero-order valence-electron chi connectivity index (χ0n) is 14.9. The van der Waals surface area contributed by atoms with Crippen LogP contribution in [0.15, 0.2) is 46.0 Å². The van der Waals surface area contributed by atoms with Crippen LogP contribution in [0.2, 0.25) is 0 Å². The summed E-state index contributed by atoms with van der Waals surface area (Å²) in [6.45, 7) is 2.41. The summed E-state index contributed by atoms with van der Waals surface area (Å²) in [4.78, 5) is 40.7. The van der Waals surface area contributed by atoms with Gasteiger partial charge in [-0.15, -0.1) is 0 Å². The van der Waals surface area contributed by atoms with Gasteiger partial charge >= 0.3 is 5.69 Å². The number of nitrogens with one attached hydrogen (secondary N) is 2. The quantitative estimate of drug-likeness (QED) is 0.838. The minimum Gasteiger partial charge on any atom is -0.349 e. The lowest BCUT2D eigenvalue weighted by Crippen LogP contribution is -2.42. The smallest absolute Gasteiger partial charge is 0.328 e. The highest BCUT2D eigenvalue weighted by Crippen LogP contribution is 2.24.